The highest BCUT2D eigenvalue weighted by Crippen LogP contribution is 2.17. The fourth-order valence-electron chi connectivity index (χ4n) is 3.52. The lowest BCUT2D eigenvalue weighted by molar-refractivity contribution is -0.0212. The van der Waals surface area contributed by atoms with Crippen LogP contribution in [0.3, 0.4) is 0 Å². The van der Waals surface area contributed by atoms with Crippen molar-refractivity contribution in [2.24, 2.45) is 5.92 Å². The van der Waals surface area contributed by atoms with Crippen molar-refractivity contribution >= 4 is 5.91 Å². The van der Waals surface area contributed by atoms with E-state index in [0.29, 0.717) is 44.3 Å². The minimum Gasteiger partial charge on any atom is -0.374 e. The molecule has 2 heterocycles. The number of amides is 1. The topological polar surface area (TPSA) is 47.4 Å². The third-order valence-electron chi connectivity index (χ3n) is 4.75. The average Bonchev–Trinajstić information content (AvgIpc) is 3.03. The lowest BCUT2D eigenvalue weighted by Gasteiger charge is -2.33. The van der Waals surface area contributed by atoms with Crippen molar-refractivity contribution in [1.82, 2.24) is 14.7 Å². The molecule has 0 aliphatic carbocycles. The van der Waals surface area contributed by atoms with E-state index < -0.39 is 0 Å². The Morgan fingerprint density at radius 1 is 1.37 bits per heavy atom. The molecule has 1 aliphatic heterocycles. The number of carbonyl (C=O) groups is 1. The fraction of sp³-hybridized carbons (Fsp3) is 0.524. The van der Waals surface area contributed by atoms with Gasteiger partial charge in [-0.3, -0.25) is 9.48 Å². The second-order valence-electron chi connectivity index (χ2n) is 7.51. The standard InChI is InChI=1S/C21H28FN3O2/c1-4-25-20(13-18(23-25)10-15(2)3)21(26)24-8-9-27-19(14-24)12-16-6-5-7-17(22)11-16/h5-7,11,13,15,19H,4,8-10,12,14H2,1-3H3. The van der Waals surface area contributed by atoms with Gasteiger partial charge < -0.3 is 9.64 Å². The molecule has 1 aromatic carbocycles. The molecule has 0 bridgehead atoms. The number of halogens is 1. The van der Waals surface area contributed by atoms with Crippen LogP contribution in [-0.2, 0) is 24.1 Å². The number of benzene rings is 1. The van der Waals surface area contributed by atoms with Crippen LogP contribution in [0, 0.1) is 11.7 Å². The molecule has 1 aromatic heterocycles. The van der Waals surface area contributed by atoms with E-state index in [-0.39, 0.29) is 17.8 Å². The second kappa shape index (κ2) is 8.65. The number of hydrogen-bond donors (Lipinski definition) is 0. The molecule has 3 rings (SSSR count). The fourth-order valence-corrected chi connectivity index (χ4v) is 3.52. The zero-order valence-electron chi connectivity index (χ0n) is 16.3. The number of ether oxygens (including phenoxy) is 1. The number of aromatic nitrogens is 2. The van der Waals surface area contributed by atoms with Crippen LogP contribution in [-0.4, -0.2) is 46.4 Å². The van der Waals surface area contributed by atoms with Gasteiger partial charge in [0.15, 0.2) is 0 Å². The van der Waals surface area contributed by atoms with Gasteiger partial charge in [0.1, 0.15) is 11.5 Å². The molecule has 0 N–H and O–H groups in total. The first kappa shape index (κ1) is 19.5. The van der Waals surface area contributed by atoms with Gasteiger partial charge in [0.2, 0.25) is 0 Å². The van der Waals surface area contributed by atoms with Crippen molar-refractivity contribution < 1.29 is 13.9 Å². The maximum absolute atomic E-state index is 13.4. The monoisotopic (exact) mass is 373 g/mol. The second-order valence-corrected chi connectivity index (χ2v) is 7.51. The lowest BCUT2D eigenvalue weighted by Crippen LogP contribution is -2.46. The van der Waals surface area contributed by atoms with Gasteiger partial charge in [-0.1, -0.05) is 26.0 Å². The number of morpholine rings is 1. The predicted octanol–water partition coefficient (Wildman–Crippen LogP) is 3.32. The molecule has 1 amide bonds. The van der Waals surface area contributed by atoms with Crippen LogP contribution in [0.25, 0.3) is 0 Å². The minimum atomic E-state index is -0.249. The molecule has 5 nitrogen and oxygen atoms in total. The molecule has 1 unspecified atom stereocenters. The van der Waals surface area contributed by atoms with Gasteiger partial charge in [0.25, 0.3) is 5.91 Å². The van der Waals surface area contributed by atoms with Crippen LogP contribution in [0.4, 0.5) is 4.39 Å². The maximum atomic E-state index is 13.4. The predicted molar refractivity (Wildman–Crippen MR) is 102 cm³/mol. The van der Waals surface area contributed by atoms with Gasteiger partial charge in [-0.2, -0.15) is 5.10 Å². The molecule has 146 valence electrons. The Hall–Kier alpha value is -2.21. The Labute approximate surface area is 160 Å². The van der Waals surface area contributed by atoms with Gasteiger partial charge in [-0.15, -0.1) is 0 Å². The third kappa shape index (κ3) is 4.95. The van der Waals surface area contributed by atoms with Crippen molar-refractivity contribution in [3.05, 3.63) is 53.1 Å². The first-order chi connectivity index (χ1) is 13.0. The van der Waals surface area contributed by atoms with Crippen molar-refractivity contribution in [3.63, 3.8) is 0 Å². The Kier molecular flexibility index (Phi) is 6.26. The number of rotatable bonds is 6. The van der Waals surface area contributed by atoms with Crippen molar-refractivity contribution in [2.45, 2.75) is 46.3 Å². The number of hydrogen-bond acceptors (Lipinski definition) is 3. The molecule has 27 heavy (non-hydrogen) atoms. The van der Waals surface area contributed by atoms with E-state index in [1.165, 1.54) is 12.1 Å². The Morgan fingerprint density at radius 2 is 2.19 bits per heavy atom. The summed E-state index contributed by atoms with van der Waals surface area (Å²) in [6.45, 7) is 8.50. The molecule has 0 radical (unpaired) electrons. The van der Waals surface area contributed by atoms with Crippen molar-refractivity contribution in [1.29, 1.82) is 0 Å². The SMILES string of the molecule is CCn1nc(CC(C)C)cc1C(=O)N1CCOC(Cc2cccc(F)c2)C1. The van der Waals surface area contributed by atoms with E-state index in [1.54, 1.807) is 10.7 Å². The third-order valence-corrected chi connectivity index (χ3v) is 4.75. The molecule has 1 aliphatic rings. The molecular weight excluding hydrogens is 345 g/mol. The Morgan fingerprint density at radius 3 is 2.89 bits per heavy atom. The van der Waals surface area contributed by atoms with Crippen LogP contribution < -0.4 is 0 Å². The molecule has 1 fully saturated rings. The summed E-state index contributed by atoms with van der Waals surface area (Å²) in [6.07, 6.45) is 1.32. The summed E-state index contributed by atoms with van der Waals surface area (Å²) in [5, 5.41) is 4.58. The van der Waals surface area contributed by atoms with Gasteiger partial charge in [0.05, 0.1) is 18.4 Å². The zero-order valence-corrected chi connectivity index (χ0v) is 16.3. The smallest absolute Gasteiger partial charge is 0.272 e. The normalized spacial score (nSPS) is 17.5. The van der Waals surface area contributed by atoms with E-state index in [4.69, 9.17) is 4.74 Å². The van der Waals surface area contributed by atoms with E-state index in [2.05, 4.69) is 18.9 Å². The highest BCUT2D eigenvalue weighted by Gasteiger charge is 2.27. The first-order valence-corrected chi connectivity index (χ1v) is 9.68. The number of carbonyl (C=O) groups excluding carboxylic acids is 1. The maximum Gasteiger partial charge on any atom is 0.272 e. The summed E-state index contributed by atoms with van der Waals surface area (Å²) in [4.78, 5) is 14.9. The molecule has 0 saturated carbocycles. The average molecular weight is 373 g/mol. The Bertz CT molecular complexity index is 787. The first-order valence-electron chi connectivity index (χ1n) is 9.68. The summed E-state index contributed by atoms with van der Waals surface area (Å²) in [5.41, 5.74) is 2.48. The summed E-state index contributed by atoms with van der Waals surface area (Å²) in [6, 6.07) is 8.46. The van der Waals surface area contributed by atoms with Crippen LogP contribution in [0.1, 0.15) is 42.5 Å². The Balaban J connectivity index is 1.70. The molecule has 6 heteroatoms. The van der Waals surface area contributed by atoms with Crippen LogP contribution in [0.5, 0.6) is 0 Å². The molecule has 1 saturated heterocycles. The molecule has 0 spiro atoms. The van der Waals surface area contributed by atoms with E-state index in [0.717, 1.165) is 17.7 Å². The van der Waals surface area contributed by atoms with E-state index >= 15 is 0 Å². The number of nitrogens with zero attached hydrogens (tertiary/aromatic N) is 3. The summed E-state index contributed by atoms with van der Waals surface area (Å²) in [7, 11) is 0. The van der Waals surface area contributed by atoms with Crippen LogP contribution >= 0.6 is 0 Å². The van der Waals surface area contributed by atoms with Gasteiger partial charge in [0, 0.05) is 26.1 Å². The van der Waals surface area contributed by atoms with E-state index in [1.807, 2.05) is 24.0 Å². The highest BCUT2D eigenvalue weighted by molar-refractivity contribution is 5.92. The van der Waals surface area contributed by atoms with Gasteiger partial charge in [-0.05, 0) is 43.0 Å². The van der Waals surface area contributed by atoms with E-state index in [9.17, 15) is 9.18 Å². The molecule has 1 atom stereocenters. The lowest BCUT2D eigenvalue weighted by atomic mass is 10.1. The van der Waals surface area contributed by atoms with Gasteiger partial charge >= 0.3 is 0 Å². The highest BCUT2D eigenvalue weighted by atomic mass is 19.1. The van der Waals surface area contributed by atoms with Crippen LogP contribution in [0.15, 0.2) is 30.3 Å². The molecular formula is C21H28FN3O2. The van der Waals surface area contributed by atoms with Crippen LogP contribution in [0.2, 0.25) is 0 Å². The number of aryl methyl sites for hydroxylation is 1. The zero-order chi connectivity index (χ0) is 19.4. The quantitative estimate of drug-likeness (QED) is 0.780. The van der Waals surface area contributed by atoms with Gasteiger partial charge in [-0.25, -0.2) is 4.39 Å². The van der Waals surface area contributed by atoms with Crippen molar-refractivity contribution in [2.75, 3.05) is 19.7 Å². The molecule has 2 aromatic rings. The summed E-state index contributed by atoms with van der Waals surface area (Å²) >= 11 is 0. The summed E-state index contributed by atoms with van der Waals surface area (Å²) in [5.74, 6) is 0.236. The van der Waals surface area contributed by atoms with Crippen molar-refractivity contribution in [3.8, 4) is 0 Å². The minimum absolute atomic E-state index is 0.00750. The summed E-state index contributed by atoms with van der Waals surface area (Å²) < 4.78 is 21.0. The largest absolute Gasteiger partial charge is 0.374 e.